The van der Waals surface area contributed by atoms with Crippen molar-refractivity contribution in [2.75, 3.05) is 0 Å². The minimum atomic E-state index is -0.553. The normalized spacial score (nSPS) is 12.7. The lowest BCUT2D eigenvalue weighted by atomic mass is 10.0. The van der Waals surface area contributed by atoms with Crippen molar-refractivity contribution in [3.8, 4) is 0 Å². The molecule has 2 heterocycles. The van der Waals surface area contributed by atoms with Crippen LogP contribution >= 0.6 is 0 Å². The van der Waals surface area contributed by atoms with Crippen LogP contribution in [0.2, 0.25) is 0 Å². The first-order valence-corrected chi connectivity index (χ1v) is 6.80. The number of benzene rings is 1. The lowest BCUT2D eigenvalue weighted by Gasteiger charge is -2.14. The Morgan fingerprint density at radius 2 is 2.10 bits per heavy atom. The molecule has 1 N–H and O–H groups in total. The van der Waals surface area contributed by atoms with E-state index in [0.29, 0.717) is 6.42 Å². The minimum absolute atomic E-state index is 0.553. The maximum atomic E-state index is 10.5. The average Bonchev–Trinajstić information content (AvgIpc) is 2.96. The van der Waals surface area contributed by atoms with Gasteiger partial charge in [-0.2, -0.15) is 0 Å². The molecular weight excluding hydrogens is 250 g/mol. The van der Waals surface area contributed by atoms with Crippen LogP contribution in [0.25, 0.3) is 10.9 Å². The van der Waals surface area contributed by atoms with Crippen molar-refractivity contribution in [1.82, 2.24) is 14.5 Å². The molecule has 0 aliphatic carbocycles. The third-order valence-electron chi connectivity index (χ3n) is 3.58. The summed E-state index contributed by atoms with van der Waals surface area (Å²) < 4.78 is 1.97. The highest BCUT2D eigenvalue weighted by Gasteiger charge is 2.14. The van der Waals surface area contributed by atoms with Crippen molar-refractivity contribution >= 4 is 10.9 Å². The van der Waals surface area contributed by atoms with Gasteiger partial charge in [0.05, 0.1) is 29.8 Å². The first-order valence-electron chi connectivity index (χ1n) is 6.80. The highest BCUT2D eigenvalue weighted by atomic mass is 16.3. The fourth-order valence-corrected chi connectivity index (χ4v) is 2.52. The Morgan fingerprint density at radius 3 is 2.95 bits per heavy atom. The molecule has 2 aromatic heterocycles. The number of imidazole rings is 1. The van der Waals surface area contributed by atoms with Crippen LogP contribution in [0.4, 0.5) is 0 Å². The molecule has 102 valence electrons. The summed E-state index contributed by atoms with van der Waals surface area (Å²) in [5.74, 6) is 0. The van der Waals surface area contributed by atoms with Gasteiger partial charge in [-0.3, -0.25) is 4.98 Å². The number of fused-ring (bicyclic) bond motifs is 1. The zero-order chi connectivity index (χ0) is 13.9. The lowest BCUT2D eigenvalue weighted by Crippen LogP contribution is -2.08. The van der Waals surface area contributed by atoms with E-state index in [0.717, 1.165) is 28.7 Å². The van der Waals surface area contributed by atoms with E-state index < -0.39 is 6.10 Å². The van der Waals surface area contributed by atoms with E-state index in [-0.39, 0.29) is 0 Å². The van der Waals surface area contributed by atoms with Gasteiger partial charge in [0.15, 0.2) is 0 Å². The van der Waals surface area contributed by atoms with Crippen LogP contribution in [0.1, 0.15) is 24.3 Å². The number of aromatic nitrogens is 3. The summed E-state index contributed by atoms with van der Waals surface area (Å²) in [4.78, 5) is 8.46. The largest absolute Gasteiger partial charge is 0.386 e. The molecular formula is C16H17N3O. The molecule has 0 amide bonds. The van der Waals surface area contributed by atoms with Gasteiger partial charge in [-0.1, -0.05) is 18.2 Å². The Bertz CT molecular complexity index is 715. The summed E-state index contributed by atoms with van der Waals surface area (Å²) in [6.07, 6.45) is 5.29. The molecule has 3 aromatic rings. The highest BCUT2D eigenvalue weighted by Crippen LogP contribution is 2.23. The molecule has 0 saturated carbocycles. The van der Waals surface area contributed by atoms with Crippen LogP contribution in [0.5, 0.6) is 0 Å². The Hall–Kier alpha value is -2.20. The zero-order valence-electron chi connectivity index (χ0n) is 11.4. The number of hydrogen-bond donors (Lipinski definition) is 1. The van der Waals surface area contributed by atoms with Crippen molar-refractivity contribution in [1.29, 1.82) is 0 Å². The third kappa shape index (κ3) is 2.30. The molecule has 0 aliphatic heterocycles. The summed E-state index contributed by atoms with van der Waals surface area (Å²) in [7, 11) is 0. The number of hydrogen-bond acceptors (Lipinski definition) is 3. The van der Waals surface area contributed by atoms with Gasteiger partial charge in [0, 0.05) is 24.5 Å². The fraction of sp³-hybridized carbons (Fsp3) is 0.250. The van der Waals surface area contributed by atoms with Crippen LogP contribution < -0.4 is 0 Å². The van der Waals surface area contributed by atoms with Gasteiger partial charge in [0.25, 0.3) is 0 Å². The Kier molecular flexibility index (Phi) is 3.48. The summed E-state index contributed by atoms with van der Waals surface area (Å²) in [6.45, 7) is 2.85. The number of aliphatic hydroxyl groups excluding tert-OH is 1. The number of para-hydroxylation sites is 1. The SMILES string of the molecule is CCn1cncc1C(O)Cc1ccnc2ccccc12. The number of nitrogens with zero attached hydrogens (tertiary/aromatic N) is 3. The van der Waals surface area contributed by atoms with E-state index in [2.05, 4.69) is 9.97 Å². The standard InChI is InChI=1S/C16H17N3O/c1-2-19-11-17-10-15(19)16(20)9-12-7-8-18-14-6-4-3-5-13(12)14/h3-8,10-11,16,20H,2,9H2,1H3. The molecule has 3 rings (SSSR count). The predicted molar refractivity (Wildman–Crippen MR) is 78.3 cm³/mol. The molecule has 0 radical (unpaired) electrons. The van der Waals surface area contributed by atoms with E-state index >= 15 is 0 Å². The molecule has 1 aromatic carbocycles. The fourth-order valence-electron chi connectivity index (χ4n) is 2.52. The number of rotatable bonds is 4. The van der Waals surface area contributed by atoms with Crippen LogP contribution in [0, 0.1) is 0 Å². The molecule has 0 saturated heterocycles. The molecule has 0 spiro atoms. The minimum Gasteiger partial charge on any atom is -0.386 e. The van der Waals surface area contributed by atoms with E-state index in [1.807, 2.05) is 41.8 Å². The van der Waals surface area contributed by atoms with Crippen LogP contribution in [0.3, 0.4) is 0 Å². The molecule has 4 heteroatoms. The molecule has 1 atom stereocenters. The van der Waals surface area contributed by atoms with Gasteiger partial charge < -0.3 is 9.67 Å². The molecule has 0 fully saturated rings. The summed E-state index contributed by atoms with van der Waals surface area (Å²) in [6, 6.07) is 9.97. The van der Waals surface area contributed by atoms with Crippen LogP contribution in [-0.4, -0.2) is 19.6 Å². The second-order valence-corrected chi connectivity index (χ2v) is 4.81. The van der Waals surface area contributed by atoms with Gasteiger partial charge in [-0.05, 0) is 24.6 Å². The third-order valence-corrected chi connectivity index (χ3v) is 3.58. The Labute approximate surface area is 117 Å². The quantitative estimate of drug-likeness (QED) is 0.790. The number of aliphatic hydroxyl groups is 1. The maximum Gasteiger partial charge on any atom is 0.0996 e. The van der Waals surface area contributed by atoms with Crippen LogP contribution in [0.15, 0.2) is 49.1 Å². The van der Waals surface area contributed by atoms with E-state index in [9.17, 15) is 5.11 Å². The topological polar surface area (TPSA) is 50.9 Å². The highest BCUT2D eigenvalue weighted by molar-refractivity contribution is 5.81. The first kappa shape index (κ1) is 12.8. The zero-order valence-corrected chi connectivity index (χ0v) is 11.4. The van der Waals surface area contributed by atoms with Gasteiger partial charge >= 0.3 is 0 Å². The van der Waals surface area contributed by atoms with Gasteiger partial charge in [-0.15, -0.1) is 0 Å². The second kappa shape index (κ2) is 5.43. The smallest absolute Gasteiger partial charge is 0.0996 e. The molecule has 1 unspecified atom stereocenters. The van der Waals surface area contributed by atoms with Crippen molar-refractivity contribution in [2.24, 2.45) is 0 Å². The van der Waals surface area contributed by atoms with E-state index in [1.165, 1.54) is 0 Å². The van der Waals surface area contributed by atoms with Crippen LogP contribution in [-0.2, 0) is 13.0 Å². The summed E-state index contributed by atoms with van der Waals surface area (Å²) in [5.41, 5.74) is 2.92. The van der Waals surface area contributed by atoms with Crippen molar-refractivity contribution in [3.05, 3.63) is 60.3 Å². The van der Waals surface area contributed by atoms with Gasteiger partial charge in [-0.25, -0.2) is 4.98 Å². The number of pyridine rings is 1. The van der Waals surface area contributed by atoms with Gasteiger partial charge in [0.2, 0.25) is 0 Å². The second-order valence-electron chi connectivity index (χ2n) is 4.81. The Morgan fingerprint density at radius 1 is 1.25 bits per heavy atom. The Balaban J connectivity index is 1.93. The van der Waals surface area contributed by atoms with Crippen molar-refractivity contribution in [3.63, 3.8) is 0 Å². The predicted octanol–water partition coefficient (Wildman–Crippen LogP) is 2.73. The monoisotopic (exact) mass is 267 g/mol. The van der Waals surface area contributed by atoms with E-state index in [4.69, 9.17) is 0 Å². The molecule has 4 nitrogen and oxygen atoms in total. The molecule has 0 aliphatic rings. The lowest BCUT2D eigenvalue weighted by molar-refractivity contribution is 0.169. The van der Waals surface area contributed by atoms with Crippen molar-refractivity contribution < 1.29 is 5.11 Å². The maximum absolute atomic E-state index is 10.5. The first-order chi connectivity index (χ1) is 9.79. The average molecular weight is 267 g/mol. The van der Waals surface area contributed by atoms with Crippen molar-refractivity contribution in [2.45, 2.75) is 26.0 Å². The number of aryl methyl sites for hydroxylation is 1. The van der Waals surface area contributed by atoms with Gasteiger partial charge in [0.1, 0.15) is 0 Å². The van der Waals surface area contributed by atoms with E-state index in [1.54, 1.807) is 18.7 Å². The molecule has 20 heavy (non-hydrogen) atoms. The summed E-state index contributed by atoms with van der Waals surface area (Å²) in [5, 5.41) is 11.5. The molecule has 0 bridgehead atoms. The summed E-state index contributed by atoms with van der Waals surface area (Å²) >= 11 is 0.